The summed E-state index contributed by atoms with van der Waals surface area (Å²) >= 11 is 3.33. The molecule has 1 amide bonds. The van der Waals surface area contributed by atoms with Crippen molar-refractivity contribution in [3.05, 3.63) is 22.4 Å². The van der Waals surface area contributed by atoms with E-state index < -0.39 is 5.79 Å². The normalized spacial score (nSPS) is 22.6. The molecule has 0 aromatic carbocycles. The first-order chi connectivity index (χ1) is 8.69. The molecule has 2 aliphatic heterocycles. The van der Waals surface area contributed by atoms with Crippen molar-refractivity contribution in [1.82, 2.24) is 9.88 Å². The molecule has 0 unspecified atom stereocenters. The Bertz CT molecular complexity index is 444. The summed E-state index contributed by atoms with van der Waals surface area (Å²) < 4.78 is 12.2. The van der Waals surface area contributed by atoms with Gasteiger partial charge in [0.05, 0.1) is 13.2 Å². The van der Waals surface area contributed by atoms with E-state index in [1.165, 1.54) is 0 Å². The van der Waals surface area contributed by atoms with E-state index in [9.17, 15) is 4.79 Å². The van der Waals surface area contributed by atoms with E-state index in [1.54, 1.807) is 12.3 Å². The second-order valence-electron chi connectivity index (χ2n) is 4.63. The Kier molecular flexibility index (Phi) is 3.17. The van der Waals surface area contributed by atoms with Crippen LogP contribution in [-0.4, -0.2) is 47.9 Å². The van der Waals surface area contributed by atoms with Crippen molar-refractivity contribution in [3.8, 4) is 0 Å². The summed E-state index contributed by atoms with van der Waals surface area (Å²) in [6, 6.07) is 1.80. The molecule has 0 saturated carbocycles. The maximum absolute atomic E-state index is 12.2. The van der Waals surface area contributed by atoms with Crippen molar-refractivity contribution in [3.63, 3.8) is 0 Å². The second kappa shape index (κ2) is 4.68. The predicted octanol–water partition coefficient (Wildman–Crippen LogP) is 1.76. The third-order valence-corrected chi connectivity index (χ3v) is 3.96. The first-order valence-corrected chi connectivity index (χ1v) is 6.89. The Balaban J connectivity index is 1.64. The molecule has 1 spiro atoms. The lowest BCUT2D eigenvalue weighted by atomic mass is 10.0. The lowest BCUT2D eigenvalue weighted by molar-refractivity contribution is -0.181. The van der Waals surface area contributed by atoms with Crippen LogP contribution < -0.4 is 0 Å². The molecule has 2 saturated heterocycles. The van der Waals surface area contributed by atoms with Gasteiger partial charge in [0.25, 0.3) is 5.91 Å². The van der Waals surface area contributed by atoms with E-state index >= 15 is 0 Å². The second-order valence-corrected chi connectivity index (χ2v) is 5.55. The molecule has 1 aromatic rings. The summed E-state index contributed by atoms with van der Waals surface area (Å²) in [7, 11) is 0. The number of likely N-dealkylation sites (tertiary alicyclic amines) is 1. The van der Waals surface area contributed by atoms with Gasteiger partial charge in [0, 0.05) is 36.6 Å². The van der Waals surface area contributed by atoms with E-state index in [0.29, 0.717) is 32.0 Å². The highest BCUT2D eigenvalue weighted by Gasteiger charge is 2.40. The molecule has 2 fully saturated rings. The number of nitrogens with zero attached hydrogens (tertiary/aromatic N) is 1. The lowest BCUT2D eigenvalue weighted by Crippen LogP contribution is -2.47. The average molecular weight is 315 g/mol. The molecule has 3 heterocycles. The number of ether oxygens (including phenoxy) is 2. The van der Waals surface area contributed by atoms with Gasteiger partial charge in [-0.05, 0) is 22.0 Å². The highest BCUT2D eigenvalue weighted by atomic mass is 79.9. The summed E-state index contributed by atoms with van der Waals surface area (Å²) in [4.78, 5) is 17.0. The molecule has 0 atom stereocenters. The number of rotatable bonds is 1. The van der Waals surface area contributed by atoms with Crippen molar-refractivity contribution in [1.29, 1.82) is 0 Å². The van der Waals surface area contributed by atoms with Crippen LogP contribution in [0.15, 0.2) is 16.7 Å². The summed E-state index contributed by atoms with van der Waals surface area (Å²) in [5.74, 6) is -0.388. The Labute approximate surface area is 114 Å². The Morgan fingerprint density at radius 2 is 2.00 bits per heavy atom. The fraction of sp³-hybridized carbons (Fsp3) is 0.583. The molecular formula is C12H15BrN2O3. The summed E-state index contributed by atoms with van der Waals surface area (Å²) in [6.07, 6.45) is 3.27. The van der Waals surface area contributed by atoms with E-state index in [4.69, 9.17) is 9.47 Å². The number of amides is 1. The number of H-pyrrole nitrogens is 1. The van der Waals surface area contributed by atoms with Crippen LogP contribution >= 0.6 is 15.9 Å². The maximum Gasteiger partial charge on any atom is 0.270 e. The van der Waals surface area contributed by atoms with Gasteiger partial charge in [-0.1, -0.05) is 0 Å². The first-order valence-electron chi connectivity index (χ1n) is 6.10. The van der Waals surface area contributed by atoms with Crippen LogP contribution in [0.3, 0.4) is 0 Å². The van der Waals surface area contributed by atoms with E-state index in [1.807, 2.05) is 4.90 Å². The number of aromatic nitrogens is 1. The summed E-state index contributed by atoms with van der Waals surface area (Å²) in [6.45, 7) is 2.68. The van der Waals surface area contributed by atoms with Gasteiger partial charge in [-0.2, -0.15) is 0 Å². The minimum absolute atomic E-state index is 0.0357. The smallest absolute Gasteiger partial charge is 0.270 e. The molecule has 5 nitrogen and oxygen atoms in total. The maximum atomic E-state index is 12.2. The molecule has 3 rings (SSSR count). The summed E-state index contributed by atoms with van der Waals surface area (Å²) in [5.41, 5.74) is 0.617. The van der Waals surface area contributed by atoms with E-state index in [2.05, 4.69) is 20.9 Å². The number of piperidine rings is 1. The summed E-state index contributed by atoms with van der Waals surface area (Å²) in [5, 5.41) is 0. The Morgan fingerprint density at radius 1 is 1.33 bits per heavy atom. The highest BCUT2D eigenvalue weighted by Crippen LogP contribution is 2.31. The molecule has 18 heavy (non-hydrogen) atoms. The van der Waals surface area contributed by atoms with Crippen LogP contribution in [-0.2, 0) is 9.47 Å². The van der Waals surface area contributed by atoms with Crippen molar-refractivity contribution < 1.29 is 14.3 Å². The lowest BCUT2D eigenvalue weighted by Gasteiger charge is -2.37. The molecule has 0 bridgehead atoms. The zero-order chi connectivity index (χ0) is 12.6. The largest absolute Gasteiger partial charge is 0.356 e. The fourth-order valence-corrected chi connectivity index (χ4v) is 2.84. The van der Waals surface area contributed by atoms with Gasteiger partial charge in [-0.3, -0.25) is 4.79 Å². The zero-order valence-corrected chi connectivity index (χ0v) is 11.5. The van der Waals surface area contributed by atoms with Crippen LogP contribution in [0.2, 0.25) is 0 Å². The number of hydrogen-bond acceptors (Lipinski definition) is 3. The molecular weight excluding hydrogens is 300 g/mol. The minimum atomic E-state index is -0.424. The number of carbonyl (C=O) groups is 1. The van der Waals surface area contributed by atoms with Crippen molar-refractivity contribution >= 4 is 21.8 Å². The number of nitrogens with one attached hydrogen (secondary N) is 1. The van der Waals surface area contributed by atoms with Crippen LogP contribution in [0.5, 0.6) is 0 Å². The number of aromatic amines is 1. The Morgan fingerprint density at radius 3 is 2.56 bits per heavy atom. The highest BCUT2D eigenvalue weighted by molar-refractivity contribution is 9.10. The van der Waals surface area contributed by atoms with Gasteiger partial charge in [0.1, 0.15) is 5.69 Å². The van der Waals surface area contributed by atoms with Crippen molar-refractivity contribution in [2.45, 2.75) is 18.6 Å². The monoisotopic (exact) mass is 314 g/mol. The van der Waals surface area contributed by atoms with Crippen LogP contribution in [0.1, 0.15) is 23.3 Å². The molecule has 98 valence electrons. The molecule has 0 aliphatic carbocycles. The third kappa shape index (κ3) is 2.20. The SMILES string of the molecule is O=C(c1cc(Br)c[nH]1)N1CCC2(CC1)OCCO2. The van der Waals surface area contributed by atoms with Gasteiger partial charge in [0.2, 0.25) is 0 Å². The minimum Gasteiger partial charge on any atom is -0.356 e. The Hall–Kier alpha value is -0.850. The van der Waals surface area contributed by atoms with Crippen molar-refractivity contribution in [2.75, 3.05) is 26.3 Å². The van der Waals surface area contributed by atoms with Gasteiger partial charge in [0.15, 0.2) is 5.79 Å². The quantitative estimate of drug-likeness (QED) is 0.859. The van der Waals surface area contributed by atoms with Gasteiger partial charge >= 0.3 is 0 Å². The fourth-order valence-electron chi connectivity index (χ4n) is 2.50. The van der Waals surface area contributed by atoms with E-state index in [0.717, 1.165) is 17.3 Å². The average Bonchev–Trinajstić information content (AvgIpc) is 3.00. The first kappa shape index (κ1) is 12.2. The van der Waals surface area contributed by atoms with Gasteiger partial charge < -0.3 is 19.4 Å². The van der Waals surface area contributed by atoms with Crippen LogP contribution in [0, 0.1) is 0 Å². The van der Waals surface area contributed by atoms with Crippen molar-refractivity contribution in [2.24, 2.45) is 0 Å². The van der Waals surface area contributed by atoms with Crippen LogP contribution in [0.4, 0.5) is 0 Å². The predicted molar refractivity (Wildman–Crippen MR) is 68.3 cm³/mol. The molecule has 2 aliphatic rings. The number of carbonyl (C=O) groups excluding carboxylic acids is 1. The van der Waals surface area contributed by atoms with E-state index in [-0.39, 0.29) is 5.91 Å². The molecule has 6 heteroatoms. The zero-order valence-electron chi connectivity index (χ0n) is 9.95. The third-order valence-electron chi connectivity index (χ3n) is 3.50. The molecule has 0 radical (unpaired) electrons. The number of halogens is 1. The van der Waals surface area contributed by atoms with Gasteiger partial charge in [-0.15, -0.1) is 0 Å². The standard InChI is InChI=1S/C12H15BrN2O3/c13-9-7-10(14-8-9)11(16)15-3-1-12(2-4-15)17-5-6-18-12/h7-8,14H,1-6H2. The molecule has 1 aromatic heterocycles. The topological polar surface area (TPSA) is 54.6 Å². The van der Waals surface area contributed by atoms with Gasteiger partial charge in [-0.25, -0.2) is 0 Å². The molecule has 1 N–H and O–H groups in total. The number of hydrogen-bond donors (Lipinski definition) is 1. The van der Waals surface area contributed by atoms with Crippen LogP contribution in [0.25, 0.3) is 0 Å².